The van der Waals surface area contributed by atoms with Crippen LogP contribution in [0.25, 0.3) is 11.0 Å². The summed E-state index contributed by atoms with van der Waals surface area (Å²) in [5, 5.41) is 0.556. The molecule has 5 atom stereocenters. The molecule has 1 aromatic heterocycles. The van der Waals surface area contributed by atoms with E-state index < -0.39 is 60.2 Å². The number of methoxy groups -OCH3 is 1. The molecular weight excluding hydrogens is 468 g/mol. The highest BCUT2D eigenvalue weighted by Gasteiger charge is 2.55. The lowest BCUT2D eigenvalue weighted by Gasteiger charge is -2.43. The fraction of sp³-hybridized carbons (Fsp3) is 0.435. The van der Waals surface area contributed by atoms with Crippen LogP contribution in [-0.4, -0.2) is 61.7 Å². The molecule has 0 unspecified atom stereocenters. The van der Waals surface area contributed by atoms with Crippen LogP contribution in [0.1, 0.15) is 26.3 Å². The molecule has 1 aromatic carbocycles. The predicted molar refractivity (Wildman–Crippen MR) is 115 cm³/mol. The molecule has 35 heavy (non-hydrogen) atoms. The first-order valence-corrected chi connectivity index (χ1v) is 10.5. The van der Waals surface area contributed by atoms with Crippen molar-refractivity contribution in [1.29, 1.82) is 0 Å². The summed E-state index contributed by atoms with van der Waals surface area (Å²) in [6.45, 7) is 4.98. The van der Waals surface area contributed by atoms with E-state index in [1.54, 1.807) is 13.0 Å². The van der Waals surface area contributed by atoms with Gasteiger partial charge in [-0.15, -0.1) is 0 Å². The van der Waals surface area contributed by atoms with Gasteiger partial charge in [-0.25, -0.2) is 9.59 Å². The van der Waals surface area contributed by atoms with Crippen LogP contribution in [0.3, 0.4) is 0 Å². The maximum absolute atomic E-state index is 12.5. The zero-order chi connectivity index (χ0) is 25.9. The molecule has 0 spiro atoms. The van der Waals surface area contributed by atoms with Gasteiger partial charge in [-0.05, 0) is 30.7 Å². The highest BCUT2D eigenvalue weighted by molar-refractivity contribution is 5.81. The van der Waals surface area contributed by atoms with Gasteiger partial charge in [-0.1, -0.05) is 0 Å². The minimum atomic E-state index is -1.58. The van der Waals surface area contributed by atoms with Crippen molar-refractivity contribution in [3.63, 3.8) is 0 Å². The van der Waals surface area contributed by atoms with E-state index in [0.29, 0.717) is 16.5 Å². The second-order valence-corrected chi connectivity index (χ2v) is 7.69. The number of aryl methyl sites for hydroxylation is 1. The number of hydrogen-bond donors (Lipinski definition) is 0. The quantitative estimate of drug-likeness (QED) is 0.323. The monoisotopic (exact) mass is 492 g/mol. The Kier molecular flexibility index (Phi) is 7.75. The van der Waals surface area contributed by atoms with Crippen molar-refractivity contribution in [2.45, 2.75) is 58.4 Å². The van der Waals surface area contributed by atoms with Gasteiger partial charge in [0.05, 0.1) is 7.11 Å². The minimum absolute atomic E-state index is 0.188. The van der Waals surface area contributed by atoms with E-state index in [2.05, 4.69) is 0 Å². The molecule has 1 aliphatic rings. The van der Waals surface area contributed by atoms with Gasteiger partial charge in [0.15, 0.2) is 18.3 Å². The van der Waals surface area contributed by atoms with Crippen LogP contribution < -0.4 is 10.4 Å². The van der Waals surface area contributed by atoms with Crippen molar-refractivity contribution in [3.05, 3.63) is 40.2 Å². The van der Waals surface area contributed by atoms with Crippen LogP contribution in [-0.2, 0) is 42.9 Å². The zero-order valence-electron chi connectivity index (χ0n) is 19.6. The van der Waals surface area contributed by atoms with Crippen LogP contribution in [0.2, 0.25) is 0 Å². The Hall–Kier alpha value is -3.93. The van der Waals surface area contributed by atoms with E-state index >= 15 is 0 Å². The molecular formula is C23H24O12. The van der Waals surface area contributed by atoms with Gasteiger partial charge in [0.2, 0.25) is 12.4 Å². The van der Waals surface area contributed by atoms with Crippen LogP contribution in [0.5, 0.6) is 5.75 Å². The Morgan fingerprint density at radius 1 is 0.857 bits per heavy atom. The molecule has 1 fully saturated rings. The molecule has 0 radical (unpaired) electrons. The molecule has 1 aliphatic heterocycles. The summed E-state index contributed by atoms with van der Waals surface area (Å²) in [4.78, 5) is 59.6. The number of fused-ring (bicyclic) bond motifs is 1. The predicted octanol–water partition coefficient (Wildman–Crippen LogP) is 1.17. The first-order chi connectivity index (χ1) is 16.5. The zero-order valence-corrected chi connectivity index (χ0v) is 19.6. The maximum atomic E-state index is 12.5. The first kappa shape index (κ1) is 25.7. The molecule has 12 heteroatoms. The third-order valence-electron chi connectivity index (χ3n) is 5.01. The summed E-state index contributed by atoms with van der Waals surface area (Å²) >= 11 is 0. The highest BCUT2D eigenvalue weighted by Crippen LogP contribution is 2.32. The molecule has 188 valence electrons. The first-order valence-electron chi connectivity index (χ1n) is 10.5. The van der Waals surface area contributed by atoms with Crippen LogP contribution in [0.4, 0.5) is 0 Å². The second-order valence-electron chi connectivity index (χ2n) is 7.69. The van der Waals surface area contributed by atoms with Gasteiger partial charge in [-0.3, -0.25) is 14.4 Å². The lowest BCUT2D eigenvalue weighted by molar-refractivity contribution is -0.282. The number of rotatable bonds is 6. The minimum Gasteiger partial charge on any atom is -0.467 e. The summed E-state index contributed by atoms with van der Waals surface area (Å²) in [5.41, 5.74) is 0.405. The summed E-state index contributed by atoms with van der Waals surface area (Å²) in [7, 11) is 1.09. The summed E-state index contributed by atoms with van der Waals surface area (Å²) in [5.74, 6) is -3.15. The number of carbonyl (C=O) groups excluding carboxylic acids is 4. The largest absolute Gasteiger partial charge is 0.467 e. The molecule has 0 N–H and O–H groups in total. The van der Waals surface area contributed by atoms with Gasteiger partial charge in [0.25, 0.3) is 0 Å². The van der Waals surface area contributed by atoms with Gasteiger partial charge < -0.3 is 32.8 Å². The molecule has 12 nitrogen and oxygen atoms in total. The summed E-state index contributed by atoms with van der Waals surface area (Å²) in [6.07, 6.45) is -7.48. The highest BCUT2D eigenvalue weighted by atomic mass is 16.7. The van der Waals surface area contributed by atoms with E-state index in [-0.39, 0.29) is 5.75 Å². The topological polar surface area (TPSA) is 154 Å². The SMILES string of the molecule is COC(=O)[C@@H]1O[C@@H](Oc2ccc3oc(=O)cc(C)c3c2)[C@H](OC(C)=O)[C@@H](OC(C)=O)[C@@H]1OC(C)=O. The van der Waals surface area contributed by atoms with E-state index in [1.165, 1.54) is 18.2 Å². The Bertz CT molecular complexity index is 1200. The molecule has 0 bridgehead atoms. The summed E-state index contributed by atoms with van der Waals surface area (Å²) < 4.78 is 37.4. The molecule has 1 saturated heterocycles. The van der Waals surface area contributed by atoms with Crippen molar-refractivity contribution >= 4 is 34.8 Å². The number of benzene rings is 1. The van der Waals surface area contributed by atoms with Crippen LogP contribution in [0, 0.1) is 6.92 Å². The van der Waals surface area contributed by atoms with E-state index in [9.17, 15) is 24.0 Å². The molecule has 0 saturated carbocycles. The maximum Gasteiger partial charge on any atom is 0.339 e. The standard InChI is InChI=1S/C23H24O12/c1-10-8-17(27)34-16-7-6-14(9-15(10)16)33-23-21(32-13(4)26)19(31-12(3)25)18(30-11(2)24)20(35-23)22(28)29-5/h6-9,18-21,23H,1-5H3/t18-,19-,20+,21+,23+/m0/s1. The number of esters is 4. The smallest absolute Gasteiger partial charge is 0.339 e. The average molecular weight is 492 g/mol. The lowest BCUT2D eigenvalue weighted by atomic mass is 9.97. The van der Waals surface area contributed by atoms with Gasteiger partial charge in [0, 0.05) is 32.2 Å². The summed E-state index contributed by atoms with van der Waals surface area (Å²) in [6, 6.07) is 5.81. The van der Waals surface area contributed by atoms with Gasteiger partial charge >= 0.3 is 29.5 Å². The Morgan fingerprint density at radius 3 is 2.06 bits per heavy atom. The van der Waals surface area contributed by atoms with Crippen molar-refractivity contribution in [1.82, 2.24) is 0 Å². The fourth-order valence-electron chi connectivity index (χ4n) is 3.68. The Morgan fingerprint density at radius 2 is 1.46 bits per heavy atom. The van der Waals surface area contributed by atoms with Crippen LogP contribution >= 0.6 is 0 Å². The third kappa shape index (κ3) is 5.96. The molecule has 0 amide bonds. The van der Waals surface area contributed by atoms with E-state index in [0.717, 1.165) is 27.9 Å². The fourth-order valence-corrected chi connectivity index (χ4v) is 3.68. The normalized spacial score (nSPS) is 23.7. The lowest BCUT2D eigenvalue weighted by Crippen LogP contribution is -2.64. The molecule has 3 rings (SSSR count). The van der Waals surface area contributed by atoms with Crippen molar-refractivity contribution in [3.8, 4) is 5.75 Å². The molecule has 2 heterocycles. The number of carbonyl (C=O) groups is 4. The van der Waals surface area contributed by atoms with Crippen molar-refractivity contribution < 1.29 is 52.0 Å². The Balaban J connectivity index is 2.06. The van der Waals surface area contributed by atoms with Crippen molar-refractivity contribution in [2.75, 3.05) is 7.11 Å². The van der Waals surface area contributed by atoms with Gasteiger partial charge in [0.1, 0.15) is 11.3 Å². The van der Waals surface area contributed by atoms with Crippen molar-refractivity contribution in [2.24, 2.45) is 0 Å². The molecule has 0 aliphatic carbocycles. The van der Waals surface area contributed by atoms with Gasteiger partial charge in [-0.2, -0.15) is 0 Å². The van der Waals surface area contributed by atoms with Crippen LogP contribution in [0.15, 0.2) is 33.5 Å². The Labute approximate surface area is 199 Å². The third-order valence-corrected chi connectivity index (χ3v) is 5.01. The van der Waals surface area contributed by atoms with E-state index in [1.807, 2.05) is 0 Å². The second kappa shape index (κ2) is 10.6. The number of hydrogen-bond acceptors (Lipinski definition) is 12. The van der Waals surface area contributed by atoms with E-state index in [4.69, 9.17) is 32.8 Å². The average Bonchev–Trinajstić information content (AvgIpc) is 2.76. The number of ether oxygens (including phenoxy) is 6. The molecule has 2 aromatic rings.